The molecule has 1 aliphatic heterocycles. The summed E-state index contributed by atoms with van der Waals surface area (Å²) in [5.41, 5.74) is 6.43. The summed E-state index contributed by atoms with van der Waals surface area (Å²) >= 11 is 11.9. The lowest BCUT2D eigenvalue weighted by Gasteiger charge is -2.17. The van der Waals surface area contributed by atoms with Crippen LogP contribution in [0.3, 0.4) is 0 Å². The Morgan fingerprint density at radius 3 is 2.52 bits per heavy atom. The minimum absolute atomic E-state index is 0.00337. The van der Waals surface area contributed by atoms with Gasteiger partial charge in [-0.05, 0) is 24.3 Å². The van der Waals surface area contributed by atoms with Gasteiger partial charge in [-0.1, -0.05) is 35.3 Å². The van der Waals surface area contributed by atoms with Gasteiger partial charge in [-0.25, -0.2) is 4.39 Å². The zero-order valence-electron chi connectivity index (χ0n) is 12.9. The third-order valence-corrected chi connectivity index (χ3v) is 4.61. The highest BCUT2D eigenvalue weighted by Gasteiger charge is 2.36. The molecule has 1 saturated heterocycles. The van der Waals surface area contributed by atoms with Crippen LogP contribution in [0.4, 0.5) is 21.5 Å². The number of nitrogens with one attached hydrogen (secondary N) is 1. The fourth-order valence-corrected chi connectivity index (χ4v) is 3.17. The second kappa shape index (κ2) is 6.90. The molecule has 3 N–H and O–H groups in total. The van der Waals surface area contributed by atoms with Gasteiger partial charge in [0.2, 0.25) is 11.8 Å². The van der Waals surface area contributed by atoms with Gasteiger partial charge in [-0.15, -0.1) is 0 Å². The third-order valence-electron chi connectivity index (χ3n) is 3.99. The summed E-state index contributed by atoms with van der Waals surface area (Å²) in [6.45, 7) is 0.0992. The number of carbonyl (C=O) groups is 2. The predicted octanol–water partition coefficient (Wildman–Crippen LogP) is 3.71. The molecule has 1 unspecified atom stereocenters. The Kier molecular flexibility index (Phi) is 4.83. The van der Waals surface area contributed by atoms with Crippen LogP contribution < -0.4 is 16.0 Å². The number of benzene rings is 2. The summed E-state index contributed by atoms with van der Waals surface area (Å²) in [5, 5.41) is 3.11. The van der Waals surface area contributed by atoms with E-state index in [1.54, 1.807) is 6.07 Å². The fraction of sp³-hybridized carbons (Fsp3) is 0.176. The van der Waals surface area contributed by atoms with Crippen molar-refractivity contribution in [3.63, 3.8) is 0 Å². The highest BCUT2D eigenvalue weighted by atomic mass is 35.5. The molecule has 1 aliphatic rings. The first-order chi connectivity index (χ1) is 11.9. The van der Waals surface area contributed by atoms with E-state index in [1.807, 2.05) is 0 Å². The van der Waals surface area contributed by atoms with Crippen molar-refractivity contribution in [1.82, 2.24) is 0 Å². The van der Waals surface area contributed by atoms with Crippen molar-refractivity contribution in [3.8, 4) is 0 Å². The van der Waals surface area contributed by atoms with E-state index < -0.39 is 11.7 Å². The van der Waals surface area contributed by atoms with Crippen LogP contribution in [0.2, 0.25) is 10.0 Å². The normalized spacial score (nSPS) is 17.0. The van der Waals surface area contributed by atoms with Crippen LogP contribution in [0.5, 0.6) is 0 Å². The molecular weight excluding hydrogens is 368 g/mol. The highest BCUT2D eigenvalue weighted by molar-refractivity contribution is 6.39. The second-order valence-electron chi connectivity index (χ2n) is 5.70. The van der Waals surface area contributed by atoms with Crippen molar-refractivity contribution in [2.24, 2.45) is 5.92 Å². The number of nitrogens with zero attached hydrogens (tertiary/aromatic N) is 1. The number of amides is 2. The molecule has 130 valence electrons. The molecule has 2 aromatic carbocycles. The van der Waals surface area contributed by atoms with Gasteiger partial charge < -0.3 is 16.0 Å². The molecule has 1 heterocycles. The molecule has 0 spiro atoms. The third kappa shape index (κ3) is 3.55. The summed E-state index contributed by atoms with van der Waals surface area (Å²) in [4.78, 5) is 25.9. The standard InChI is InChI=1S/C17H14Cl2FN3O2/c18-11-6-10(7-12(19)16(11)21)22-17(25)9-5-15(24)23(8-9)14-4-2-1-3-13(14)20/h1-4,6-7,9H,5,8,21H2,(H,22,25). The molecule has 0 bridgehead atoms. The van der Waals surface area contributed by atoms with Crippen molar-refractivity contribution < 1.29 is 14.0 Å². The van der Waals surface area contributed by atoms with Gasteiger partial charge in [0.05, 0.1) is 27.3 Å². The maximum atomic E-state index is 13.9. The largest absolute Gasteiger partial charge is 0.396 e. The van der Waals surface area contributed by atoms with Crippen LogP contribution >= 0.6 is 23.2 Å². The van der Waals surface area contributed by atoms with Crippen LogP contribution in [0.15, 0.2) is 36.4 Å². The molecule has 1 fully saturated rings. The Labute approximate surface area is 153 Å². The minimum atomic E-state index is -0.609. The van der Waals surface area contributed by atoms with E-state index in [2.05, 4.69) is 5.32 Å². The zero-order chi connectivity index (χ0) is 18.1. The number of nitrogen functional groups attached to an aromatic ring is 1. The number of nitrogens with two attached hydrogens (primary N) is 1. The number of anilines is 3. The van der Waals surface area contributed by atoms with E-state index in [0.29, 0.717) is 5.69 Å². The van der Waals surface area contributed by atoms with Crippen LogP contribution in [0, 0.1) is 11.7 Å². The van der Waals surface area contributed by atoms with Gasteiger partial charge >= 0.3 is 0 Å². The Balaban J connectivity index is 1.74. The van der Waals surface area contributed by atoms with E-state index in [-0.39, 0.29) is 46.2 Å². The monoisotopic (exact) mass is 381 g/mol. The van der Waals surface area contributed by atoms with Crippen molar-refractivity contribution >= 4 is 52.1 Å². The predicted molar refractivity (Wildman–Crippen MR) is 96.4 cm³/mol. The SMILES string of the molecule is Nc1c(Cl)cc(NC(=O)C2CC(=O)N(c3ccccc3F)C2)cc1Cl. The molecule has 2 amide bonds. The number of hydrogen-bond acceptors (Lipinski definition) is 3. The Morgan fingerprint density at radius 1 is 1.24 bits per heavy atom. The van der Waals surface area contributed by atoms with Crippen LogP contribution in [0.1, 0.15) is 6.42 Å². The molecule has 25 heavy (non-hydrogen) atoms. The molecule has 5 nitrogen and oxygen atoms in total. The number of carbonyl (C=O) groups excluding carboxylic acids is 2. The molecule has 0 radical (unpaired) electrons. The Bertz CT molecular complexity index is 837. The van der Waals surface area contributed by atoms with E-state index in [9.17, 15) is 14.0 Å². The fourth-order valence-electron chi connectivity index (χ4n) is 2.69. The quantitative estimate of drug-likeness (QED) is 0.795. The average molecular weight is 382 g/mol. The molecule has 2 aromatic rings. The molecule has 1 atom stereocenters. The molecule has 0 aliphatic carbocycles. The van der Waals surface area contributed by atoms with Gasteiger partial charge in [0.25, 0.3) is 0 Å². The van der Waals surface area contributed by atoms with Crippen molar-refractivity contribution in [2.75, 3.05) is 22.5 Å². The topological polar surface area (TPSA) is 75.4 Å². The Morgan fingerprint density at radius 2 is 1.88 bits per heavy atom. The maximum absolute atomic E-state index is 13.9. The lowest BCUT2D eigenvalue weighted by molar-refractivity contribution is -0.122. The molecule has 8 heteroatoms. The van der Waals surface area contributed by atoms with Gasteiger partial charge in [-0.3, -0.25) is 9.59 Å². The summed E-state index contributed by atoms with van der Waals surface area (Å²) < 4.78 is 13.9. The van der Waals surface area contributed by atoms with E-state index in [0.717, 1.165) is 0 Å². The second-order valence-corrected chi connectivity index (χ2v) is 6.51. The minimum Gasteiger partial charge on any atom is -0.396 e. The summed E-state index contributed by atoms with van der Waals surface area (Å²) in [6.07, 6.45) is -0.00337. The van der Waals surface area contributed by atoms with Crippen molar-refractivity contribution in [2.45, 2.75) is 6.42 Å². The number of para-hydroxylation sites is 1. The summed E-state index contributed by atoms with van der Waals surface area (Å²) in [7, 11) is 0. The van der Waals surface area contributed by atoms with Gasteiger partial charge in [0, 0.05) is 18.7 Å². The van der Waals surface area contributed by atoms with E-state index in [4.69, 9.17) is 28.9 Å². The lowest BCUT2D eigenvalue weighted by atomic mass is 10.1. The Hall–Kier alpha value is -2.31. The van der Waals surface area contributed by atoms with Crippen molar-refractivity contribution in [3.05, 3.63) is 52.3 Å². The summed E-state index contributed by atoms with van der Waals surface area (Å²) in [6, 6.07) is 8.91. The van der Waals surface area contributed by atoms with Gasteiger partial charge in [-0.2, -0.15) is 0 Å². The zero-order valence-corrected chi connectivity index (χ0v) is 14.4. The number of hydrogen-bond donors (Lipinski definition) is 2. The van der Waals surface area contributed by atoms with E-state index in [1.165, 1.54) is 35.2 Å². The van der Waals surface area contributed by atoms with E-state index >= 15 is 0 Å². The average Bonchev–Trinajstić information content (AvgIpc) is 2.95. The smallest absolute Gasteiger partial charge is 0.229 e. The van der Waals surface area contributed by atoms with Gasteiger partial charge in [0.1, 0.15) is 5.82 Å². The molecular formula is C17H14Cl2FN3O2. The van der Waals surface area contributed by atoms with Crippen LogP contribution in [-0.4, -0.2) is 18.4 Å². The van der Waals surface area contributed by atoms with Crippen LogP contribution in [0.25, 0.3) is 0 Å². The molecule has 0 aromatic heterocycles. The maximum Gasteiger partial charge on any atom is 0.229 e. The number of rotatable bonds is 3. The highest BCUT2D eigenvalue weighted by Crippen LogP contribution is 2.32. The lowest BCUT2D eigenvalue weighted by Crippen LogP contribution is -2.28. The number of halogens is 3. The van der Waals surface area contributed by atoms with Crippen molar-refractivity contribution in [1.29, 1.82) is 0 Å². The molecule has 3 rings (SSSR count). The first-order valence-electron chi connectivity index (χ1n) is 7.47. The molecule has 0 saturated carbocycles. The van der Waals surface area contributed by atoms with Gasteiger partial charge in [0.15, 0.2) is 0 Å². The summed E-state index contributed by atoms with van der Waals surface area (Å²) in [5.74, 6) is -1.79. The first-order valence-corrected chi connectivity index (χ1v) is 8.22. The first kappa shape index (κ1) is 17.5. The van der Waals surface area contributed by atoms with Crippen LogP contribution in [-0.2, 0) is 9.59 Å².